The van der Waals surface area contributed by atoms with E-state index in [4.69, 9.17) is 0 Å². The van der Waals surface area contributed by atoms with Crippen molar-refractivity contribution in [2.24, 2.45) is 5.92 Å². The largest absolute Gasteiger partial charge is 0.354 e. The molecule has 0 heterocycles. The van der Waals surface area contributed by atoms with Gasteiger partial charge < -0.3 is 10.2 Å². The summed E-state index contributed by atoms with van der Waals surface area (Å²) in [6, 6.07) is 21.0. The molecule has 0 unspecified atom stereocenters. The topological polar surface area (TPSA) is 49.4 Å². The maximum absolute atomic E-state index is 13.5. The van der Waals surface area contributed by atoms with Crippen LogP contribution in [0.3, 0.4) is 0 Å². The van der Waals surface area contributed by atoms with Crippen LogP contribution in [0, 0.1) is 17.6 Å². The van der Waals surface area contributed by atoms with Gasteiger partial charge in [-0.15, -0.1) is 11.8 Å². The van der Waals surface area contributed by atoms with Crippen molar-refractivity contribution in [3.63, 3.8) is 0 Å². The van der Waals surface area contributed by atoms with E-state index in [-0.39, 0.29) is 41.7 Å². The van der Waals surface area contributed by atoms with Gasteiger partial charge in [-0.1, -0.05) is 68.4 Å². The number of carbonyl (C=O) groups is 2. The second-order valence-electron chi connectivity index (χ2n) is 9.11. The molecule has 1 atom stereocenters. The van der Waals surface area contributed by atoms with Gasteiger partial charge in [0.15, 0.2) is 0 Å². The summed E-state index contributed by atoms with van der Waals surface area (Å²) in [5.74, 6) is -0.110. The van der Waals surface area contributed by atoms with Crippen LogP contribution in [0.15, 0.2) is 78.9 Å². The molecule has 2 amide bonds. The average molecular weight is 511 g/mol. The molecule has 190 valence electrons. The van der Waals surface area contributed by atoms with Crippen molar-refractivity contribution in [2.45, 2.75) is 38.6 Å². The molecule has 1 N–H and O–H groups in total. The Kier molecular flexibility index (Phi) is 10.5. The van der Waals surface area contributed by atoms with Gasteiger partial charge in [0.05, 0.1) is 5.75 Å². The van der Waals surface area contributed by atoms with E-state index in [0.29, 0.717) is 18.7 Å². The normalized spacial score (nSPS) is 11.8. The summed E-state index contributed by atoms with van der Waals surface area (Å²) in [7, 11) is 0. The first-order chi connectivity index (χ1) is 17.3. The molecule has 0 bridgehead atoms. The lowest BCUT2D eigenvalue weighted by atomic mass is 10.0. The summed E-state index contributed by atoms with van der Waals surface area (Å²) in [6.07, 6.45) is 0.361. The number of rotatable bonds is 12. The SMILES string of the molecule is CC(C)CNC(=O)[C@H](Cc1ccccc1)N(Cc1ccc(F)cc1)C(=O)CSCc1ccc(F)cc1. The highest BCUT2D eigenvalue weighted by molar-refractivity contribution is 7.99. The van der Waals surface area contributed by atoms with Crippen LogP contribution >= 0.6 is 11.8 Å². The molecular weight excluding hydrogens is 478 g/mol. The van der Waals surface area contributed by atoms with Gasteiger partial charge in [0.1, 0.15) is 17.7 Å². The van der Waals surface area contributed by atoms with Gasteiger partial charge in [-0.2, -0.15) is 0 Å². The predicted octanol–water partition coefficient (Wildman–Crippen LogP) is 5.61. The van der Waals surface area contributed by atoms with Crippen molar-refractivity contribution in [2.75, 3.05) is 12.3 Å². The second kappa shape index (κ2) is 13.8. The molecule has 0 saturated carbocycles. The van der Waals surface area contributed by atoms with E-state index in [0.717, 1.165) is 16.7 Å². The van der Waals surface area contributed by atoms with Crippen LogP contribution in [0.25, 0.3) is 0 Å². The van der Waals surface area contributed by atoms with Crippen molar-refractivity contribution >= 4 is 23.6 Å². The van der Waals surface area contributed by atoms with Crippen LogP contribution in [0.4, 0.5) is 8.78 Å². The summed E-state index contributed by atoms with van der Waals surface area (Å²) in [5, 5.41) is 2.98. The van der Waals surface area contributed by atoms with Crippen LogP contribution in [-0.4, -0.2) is 35.1 Å². The van der Waals surface area contributed by atoms with Crippen LogP contribution in [-0.2, 0) is 28.3 Å². The molecule has 0 aromatic heterocycles. The van der Waals surface area contributed by atoms with Crippen molar-refractivity contribution in [1.82, 2.24) is 10.2 Å². The van der Waals surface area contributed by atoms with Crippen LogP contribution < -0.4 is 5.32 Å². The number of halogens is 2. The molecule has 0 saturated heterocycles. The highest BCUT2D eigenvalue weighted by atomic mass is 32.2. The zero-order chi connectivity index (χ0) is 25.9. The molecule has 3 aromatic carbocycles. The Hall–Kier alpha value is -3.19. The van der Waals surface area contributed by atoms with Gasteiger partial charge in [-0.25, -0.2) is 8.78 Å². The van der Waals surface area contributed by atoms with Gasteiger partial charge in [-0.05, 0) is 46.9 Å². The van der Waals surface area contributed by atoms with E-state index < -0.39 is 6.04 Å². The van der Waals surface area contributed by atoms with Gasteiger partial charge in [-0.3, -0.25) is 9.59 Å². The Bertz CT molecular complexity index is 1110. The standard InChI is InChI=1S/C29H32F2N2O2S/c1-21(2)17-32-29(35)27(16-22-6-4-3-5-7-22)33(18-23-8-12-25(30)13-9-23)28(34)20-36-19-24-10-14-26(31)15-11-24/h3-15,21,27H,16-20H2,1-2H3,(H,32,35)/t27-/m0/s1. The molecule has 0 fully saturated rings. The maximum atomic E-state index is 13.5. The fraction of sp³-hybridized carbons (Fsp3) is 0.310. The third-order valence-electron chi connectivity index (χ3n) is 5.63. The van der Waals surface area contributed by atoms with E-state index in [2.05, 4.69) is 5.32 Å². The highest BCUT2D eigenvalue weighted by Gasteiger charge is 2.30. The number of carbonyl (C=O) groups excluding carboxylic acids is 2. The summed E-state index contributed by atoms with van der Waals surface area (Å²) >= 11 is 1.41. The zero-order valence-corrected chi connectivity index (χ0v) is 21.4. The Morgan fingerprint density at radius 1 is 0.833 bits per heavy atom. The number of nitrogens with one attached hydrogen (secondary N) is 1. The molecule has 3 rings (SSSR count). The quantitative estimate of drug-likeness (QED) is 0.345. The lowest BCUT2D eigenvalue weighted by molar-refractivity contribution is -0.139. The van der Waals surface area contributed by atoms with Crippen LogP contribution in [0.2, 0.25) is 0 Å². The molecule has 0 aliphatic heterocycles. The molecule has 0 aliphatic carbocycles. The Morgan fingerprint density at radius 2 is 1.42 bits per heavy atom. The van der Waals surface area contributed by atoms with Crippen molar-refractivity contribution in [3.8, 4) is 0 Å². The van der Waals surface area contributed by atoms with Gasteiger partial charge in [0, 0.05) is 25.3 Å². The summed E-state index contributed by atoms with van der Waals surface area (Å²) in [4.78, 5) is 28.5. The minimum Gasteiger partial charge on any atom is -0.354 e. The molecule has 3 aromatic rings. The molecule has 4 nitrogen and oxygen atoms in total. The number of amides is 2. The molecular formula is C29H32F2N2O2S. The predicted molar refractivity (Wildman–Crippen MR) is 141 cm³/mol. The first-order valence-electron chi connectivity index (χ1n) is 12.0. The molecule has 7 heteroatoms. The summed E-state index contributed by atoms with van der Waals surface area (Å²) in [5.41, 5.74) is 2.59. The average Bonchev–Trinajstić information content (AvgIpc) is 2.87. The molecule has 0 spiro atoms. The number of benzene rings is 3. The zero-order valence-electron chi connectivity index (χ0n) is 20.6. The first kappa shape index (κ1) is 27.4. The number of hydrogen-bond acceptors (Lipinski definition) is 3. The number of nitrogens with zero attached hydrogens (tertiary/aromatic N) is 1. The van der Waals surface area contributed by atoms with E-state index in [1.54, 1.807) is 29.2 Å². The Balaban J connectivity index is 1.82. The van der Waals surface area contributed by atoms with Crippen molar-refractivity contribution in [3.05, 3.63) is 107 Å². The van der Waals surface area contributed by atoms with Gasteiger partial charge in [0.2, 0.25) is 11.8 Å². The van der Waals surface area contributed by atoms with Crippen molar-refractivity contribution in [1.29, 1.82) is 0 Å². The van der Waals surface area contributed by atoms with Crippen LogP contribution in [0.5, 0.6) is 0 Å². The van der Waals surface area contributed by atoms with E-state index >= 15 is 0 Å². The fourth-order valence-electron chi connectivity index (χ4n) is 3.68. The maximum Gasteiger partial charge on any atom is 0.243 e. The fourth-order valence-corrected chi connectivity index (χ4v) is 4.55. The third-order valence-corrected chi connectivity index (χ3v) is 6.62. The molecule has 0 radical (unpaired) electrons. The Morgan fingerprint density at radius 3 is 2.00 bits per heavy atom. The lowest BCUT2D eigenvalue weighted by Crippen LogP contribution is -2.51. The summed E-state index contributed by atoms with van der Waals surface area (Å²) < 4.78 is 26.7. The highest BCUT2D eigenvalue weighted by Crippen LogP contribution is 2.19. The summed E-state index contributed by atoms with van der Waals surface area (Å²) in [6.45, 7) is 4.71. The molecule has 0 aliphatic rings. The first-order valence-corrected chi connectivity index (χ1v) is 13.1. The smallest absolute Gasteiger partial charge is 0.243 e. The third kappa shape index (κ3) is 8.79. The minimum atomic E-state index is -0.727. The number of hydrogen-bond donors (Lipinski definition) is 1. The van der Waals surface area contributed by atoms with E-state index in [9.17, 15) is 18.4 Å². The second-order valence-corrected chi connectivity index (χ2v) is 10.1. The van der Waals surface area contributed by atoms with E-state index in [1.807, 2.05) is 44.2 Å². The van der Waals surface area contributed by atoms with Crippen molar-refractivity contribution < 1.29 is 18.4 Å². The number of thioether (sulfide) groups is 1. The van der Waals surface area contributed by atoms with Crippen LogP contribution in [0.1, 0.15) is 30.5 Å². The molecule has 36 heavy (non-hydrogen) atoms. The lowest BCUT2D eigenvalue weighted by Gasteiger charge is -2.32. The van der Waals surface area contributed by atoms with E-state index in [1.165, 1.54) is 36.0 Å². The Labute approximate surface area is 216 Å². The monoisotopic (exact) mass is 510 g/mol. The van der Waals surface area contributed by atoms with Gasteiger partial charge in [0.25, 0.3) is 0 Å². The van der Waals surface area contributed by atoms with Gasteiger partial charge >= 0.3 is 0 Å². The minimum absolute atomic E-state index is 0.154.